The summed E-state index contributed by atoms with van der Waals surface area (Å²) < 4.78 is 11.0. The van der Waals surface area contributed by atoms with E-state index in [1.165, 1.54) is 24.0 Å². The van der Waals surface area contributed by atoms with Gasteiger partial charge in [0.25, 0.3) is 0 Å². The molecule has 1 fully saturated rings. The largest absolute Gasteiger partial charge is 0.497 e. The van der Waals surface area contributed by atoms with Crippen LogP contribution in [-0.2, 0) is 11.3 Å². The molecule has 0 spiro atoms. The average Bonchev–Trinajstić information content (AvgIpc) is 2.62. The molecule has 4 nitrogen and oxygen atoms in total. The monoisotopic (exact) mass is 359 g/mol. The van der Waals surface area contributed by atoms with Crippen LogP contribution < -0.4 is 4.74 Å². The van der Waals surface area contributed by atoms with Crippen LogP contribution in [0.5, 0.6) is 5.75 Å². The Morgan fingerprint density at radius 1 is 1.27 bits per heavy atom. The molecule has 3 atom stereocenters. The first-order valence-electron chi connectivity index (χ1n) is 9.66. The molecule has 4 heteroatoms. The molecule has 3 aliphatic rings. The maximum absolute atomic E-state index is 10.3. The van der Waals surface area contributed by atoms with Crippen LogP contribution in [0.3, 0.4) is 0 Å². The summed E-state index contributed by atoms with van der Waals surface area (Å²) in [6, 6.07) is 8.04. The minimum atomic E-state index is -0.468. The lowest BCUT2D eigenvalue weighted by molar-refractivity contribution is -0.0257. The van der Waals surface area contributed by atoms with Crippen LogP contribution in [0.25, 0.3) is 0 Å². The van der Waals surface area contributed by atoms with Gasteiger partial charge in [-0.1, -0.05) is 32.1 Å². The molecule has 0 unspecified atom stereocenters. The van der Waals surface area contributed by atoms with E-state index >= 15 is 0 Å². The first kappa shape index (κ1) is 19.4. The number of allylic oxidation sites excluding steroid dienone is 1. The van der Waals surface area contributed by atoms with Gasteiger partial charge in [-0.25, -0.2) is 0 Å². The minimum absolute atomic E-state index is 0.390. The van der Waals surface area contributed by atoms with Crippen LogP contribution in [-0.4, -0.2) is 50.0 Å². The van der Waals surface area contributed by atoms with Gasteiger partial charge in [-0.3, -0.25) is 4.90 Å². The Bertz CT molecular complexity index is 623. The van der Waals surface area contributed by atoms with Crippen molar-refractivity contribution in [2.45, 2.75) is 39.3 Å². The molecule has 0 saturated heterocycles. The van der Waals surface area contributed by atoms with Gasteiger partial charge in [-0.2, -0.15) is 0 Å². The third kappa shape index (κ3) is 4.30. The Morgan fingerprint density at radius 2 is 2.00 bits per heavy atom. The second kappa shape index (κ2) is 8.12. The van der Waals surface area contributed by atoms with Gasteiger partial charge in [0.1, 0.15) is 5.75 Å². The molecule has 144 valence electrons. The van der Waals surface area contributed by atoms with E-state index in [-0.39, 0.29) is 0 Å². The highest BCUT2D eigenvalue weighted by molar-refractivity contribution is 5.27. The zero-order chi connectivity index (χ0) is 18.7. The van der Waals surface area contributed by atoms with Crippen molar-refractivity contribution in [1.29, 1.82) is 0 Å². The first-order valence-corrected chi connectivity index (χ1v) is 9.66. The summed E-state index contributed by atoms with van der Waals surface area (Å²) >= 11 is 0. The number of hydrogen-bond donors (Lipinski definition) is 1. The van der Waals surface area contributed by atoms with E-state index in [4.69, 9.17) is 9.47 Å². The third-order valence-corrected chi connectivity index (χ3v) is 6.30. The van der Waals surface area contributed by atoms with E-state index in [9.17, 15) is 5.11 Å². The quantitative estimate of drug-likeness (QED) is 0.685. The average molecular weight is 360 g/mol. The highest BCUT2D eigenvalue weighted by Gasteiger charge is 2.50. The summed E-state index contributed by atoms with van der Waals surface area (Å²) in [4.78, 5) is 2.12. The number of rotatable bonds is 9. The molecular formula is C22H33NO3. The predicted molar refractivity (Wildman–Crippen MR) is 104 cm³/mol. The van der Waals surface area contributed by atoms with Crippen molar-refractivity contribution in [2.24, 2.45) is 17.3 Å². The molecule has 1 saturated carbocycles. The Hall–Kier alpha value is -1.36. The predicted octanol–water partition coefficient (Wildman–Crippen LogP) is 3.50. The summed E-state index contributed by atoms with van der Waals surface area (Å²) in [7, 11) is 3.69. The van der Waals surface area contributed by atoms with E-state index in [2.05, 4.69) is 37.0 Å². The van der Waals surface area contributed by atoms with Crippen LogP contribution in [0.1, 0.15) is 32.3 Å². The highest BCUT2D eigenvalue weighted by Crippen LogP contribution is 2.59. The van der Waals surface area contributed by atoms with Crippen LogP contribution in [0, 0.1) is 17.3 Å². The topological polar surface area (TPSA) is 41.9 Å². The molecule has 2 bridgehead atoms. The standard InChI is InChI=1S/C22H33NO3/c1-22(2)18-8-7-17(21(22)11-18)14-26-15-19(24)13-23(3)12-16-5-9-20(25-4)10-6-16/h5-7,9-10,18-19,21,24H,8,11-15H2,1-4H3/t18-,19+,21+/m1/s1. The molecule has 1 N–H and O–H groups in total. The first-order chi connectivity index (χ1) is 12.4. The molecule has 0 heterocycles. The Balaban J connectivity index is 1.37. The second-order valence-electron chi connectivity index (χ2n) is 8.54. The molecule has 0 radical (unpaired) electrons. The molecule has 0 aromatic heterocycles. The van der Waals surface area contributed by atoms with E-state index in [0.717, 1.165) is 18.2 Å². The SMILES string of the molecule is COc1ccc(CN(C)C[C@H](O)COCC2=CC[C@@H]3C[C@@H]2C3(C)C)cc1. The molecule has 3 aliphatic carbocycles. The van der Waals surface area contributed by atoms with E-state index in [0.29, 0.717) is 31.1 Å². The summed E-state index contributed by atoms with van der Waals surface area (Å²) in [5.74, 6) is 2.40. The lowest BCUT2D eigenvalue weighted by Crippen LogP contribution is -2.48. The van der Waals surface area contributed by atoms with Crippen molar-refractivity contribution in [3.63, 3.8) is 0 Å². The number of aliphatic hydroxyl groups excluding tert-OH is 1. The van der Waals surface area contributed by atoms with Crippen molar-refractivity contribution >= 4 is 0 Å². The molecule has 1 aromatic carbocycles. The number of methoxy groups -OCH3 is 1. The normalized spacial score (nSPS) is 24.8. The van der Waals surface area contributed by atoms with Gasteiger partial charge in [0.05, 0.1) is 26.4 Å². The number of fused-ring (bicyclic) bond motifs is 1. The number of benzene rings is 1. The zero-order valence-corrected chi connectivity index (χ0v) is 16.6. The van der Waals surface area contributed by atoms with Gasteiger partial charge in [0.2, 0.25) is 0 Å². The van der Waals surface area contributed by atoms with Crippen molar-refractivity contribution in [3.8, 4) is 5.75 Å². The summed E-state index contributed by atoms with van der Waals surface area (Å²) in [5.41, 5.74) is 3.08. The van der Waals surface area contributed by atoms with Crippen molar-refractivity contribution in [1.82, 2.24) is 4.90 Å². The lowest BCUT2D eigenvalue weighted by Gasteiger charge is -2.56. The number of aliphatic hydroxyl groups is 1. The van der Waals surface area contributed by atoms with Crippen LogP contribution in [0.15, 0.2) is 35.9 Å². The van der Waals surface area contributed by atoms with Crippen molar-refractivity contribution in [3.05, 3.63) is 41.5 Å². The van der Waals surface area contributed by atoms with Gasteiger partial charge in [0, 0.05) is 13.1 Å². The lowest BCUT2D eigenvalue weighted by atomic mass is 9.49. The van der Waals surface area contributed by atoms with Gasteiger partial charge in [-0.15, -0.1) is 0 Å². The fraction of sp³-hybridized carbons (Fsp3) is 0.636. The zero-order valence-electron chi connectivity index (χ0n) is 16.6. The van der Waals surface area contributed by atoms with Crippen LogP contribution in [0.2, 0.25) is 0 Å². The number of ether oxygens (including phenoxy) is 2. The van der Waals surface area contributed by atoms with Gasteiger partial charge in [0.15, 0.2) is 0 Å². The van der Waals surface area contributed by atoms with E-state index in [1.807, 2.05) is 19.2 Å². The Labute approximate surface area is 157 Å². The molecule has 0 amide bonds. The smallest absolute Gasteiger partial charge is 0.118 e. The number of hydrogen-bond acceptors (Lipinski definition) is 4. The maximum Gasteiger partial charge on any atom is 0.118 e. The van der Waals surface area contributed by atoms with E-state index in [1.54, 1.807) is 7.11 Å². The Kier molecular flexibility index (Phi) is 6.06. The van der Waals surface area contributed by atoms with Crippen molar-refractivity contribution in [2.75, 3.05) is 33.9 Å². The molecule has 4 rings (SSSR count). The summed E-state index contributed by atoms with van der Waals surface area (Å²) in [6.07, 6.45) is 4.40. The molecule has 0 aliphatic heterocycles. The van der Waals surface area contributed by atoms with Crippen molar-refractivity contribution < 1.29 is 14.6 Å². The van der Waals surface area contributed by atoms with Crippen LogP contribution in [0.4, 0.5) is 0 Å². The molecule has 1 aromatic rings. The summed E-state index contributed by atoms with van der Waals surface area (Å²) in [5, 5.41) is 10.3. The van der Waals surface area contributed by atoms with Gasteiger partial charge in [-0.05, 0) is 60.4 Å². The van der Waals surface area contributed by atoms with Gasteiger partial charge < -0.3 is 14.6 Å². The molecule has 26 heavy (non-hydrogen) atoms. The summed E-state index contributed by atoms with van der Waals surface area (Å²) in [6.45, 7) is 7.20. The Morgan fingerprint density at radius 3 is 2.62 bits per heavy atom. The third-order valence-electron chi connectivity index (χ3n) is 6.30. The second-order valence-corrected chi connectivity index (χ2v) is 8.54. The van der Waals surface area contributed by atoms with Crippen LogP contribution >= 0.6 is 0 Å². The number of likely N-dealkylation sites (N-methyl/N-ethyl adjacent to an activating group) is 1. The highest BCUT2D eigenvalue weighted by atomic mass is 16.5. The molecular weight excluding hydrogens is 326 g/mol. The minimum Gasteiger partial charge on any atom is -0.497 e. The van der Waals surface area contributed by atoms with E-state index < -0.39 is 6.10 Å². The fourth-order valence-electron chi connectivity index (χ4n) is 4.47. The van der Waals surface area contributed by atoms with Gasteiger partial charge >= 0.3 is 0 Å². The maximum atomic E-state index is 10.3. The fourth-order valence-corrected chi connectivity index (χ4v) is 4.47. The number of nitrogens with zero attached hydrogens (tertiary/aromatic N) is 1.